The number of aromatic nitrogens is 1. The summed E-state index contributed by atoms with van der Waals surface area (Å²) in [5.74, 6) is 0. The summed E-state index contributed by atoms with van der Waals surface area (Å²) in [6, 6.07) is 2.22. The predicted molar refractivity (Wildman–Crippen MR) is 67.5 cm³/mol. The molecule has 0 bridgehead atoms. The van der Waals surface area contributed by atoms with Crippen molar-refractivity contribution in [3.63, 3.8) is 0 Å². The molecule has 1 N–H and O–H groups in total. The lowest BCUT2D eigenvalue weighted by molar-refractivity contribution is 0.310. The molecule has 0 aromatic carbocycles. The smallest absolute Gasteiger partial charge is 0.0638 e. The van der Waals surface area contributed by atoms with Crippen LogP contribution in [0, 0.1) is 0 Å². The Labute approximate surface area is 97.2 Å². The second-order valence-electron chi connectivity index (χ2n) is 4.28. The van der Waals surface area contributed by atoms with Crippen molar-refractivity contribution in [3.05, 3.63) is 35.8 Å². The Hall–Kier alpha value is -1.35. The summed E-state index contributed by atoms with van der Waals surface area (Å²) in [4.78, 5) is 7.07. The van der Waals surface area contributed by atoms with E-state index in [1.807, 2.05) is 0 Å². The Bertz CT molecular complexity index is 398. The predicted octanol–water partition coefficient (Wildman–Crippen LogP) is 2.19. The van der Waals surface area contributed by atoms with E-state index in [0.717, 1.165) is 37.3 Å². The Balaban J connectivity index is 2.39. The average Bonchev–Trinajstić information content (AvgIpc) is 2.28. The quantitative estimate of drug-likeness (QED) is 0.841. The fraction of sp³-hybridized carbons (Fsp3) is 0.462. The number of aryl methyl sites for hydroxylation is 1. The molecule has 3 nitrogen and oxygen atoms in total. The van der Waals surface area contributed by atoms with Crippen molar-refractivity contribution in [2.24, 2.45) is 0 Å². The zero-order valence-electron chi connectivity index (χ0n) is 10.1. The van der Waals surface area contributed by atoms with E-state index in [1.165, 1.54) is 11.3 Å². The van der Waals surface area contributed by atoms with Crippen molar-refractivity contribution < 1.29 is 0 Å². The van der Waals surface area contributed by atoms with Crippen LogP contribution in [-0.4, -0.2) is 23.5 Å². The van der Waals surface area contributed by atoms with Gasteiger partial charge in [-0.3, -0.25) is 4.98 Å². The van der Waals surface area contributed by atoms with Gasteiger partial charge in [0.2, 0.25) is 0 Å². The summed E-state index contributed by atoms with van der Waals surface area (Å²) in [6.45, 7) is 7.95. The number of nitrogens with one attached hydrogen (secondary N) is 1. The van der Waals surface area contributed by atoms with Crippen LogP contribution in [0.25, 0.3) is 0 Å². The third-order valence-electron chi connectivity index (χ3n) is 3.03. The molecule has 1 aromatic rings. The van der Waals surface area contributed by atoms with Crippen LogP contribution in [-0.2, 0) is 19.4 Å². The van der Waals surface area contributed by atoms with Crippen LogP contribution in [0.2, 0.25) is 0 Å². The molecule has 86 valence electrons. The molecule has 16 heavy (non-hydrogen) atoms. The minimum atomic E-state index is 0.958. The topological polar surface area (TPSA) is 28.2 Å². The summed E-state index contributed by atoms with van der Waals surface area (Å²) in [5.41, 5.74) is 4.86. The molecule has 1 aliphatic rings. The number of rotatable bonds is 3. The van der Waals surface area contributed by atoms with E-state index in [2.05, 4.69) is 36.8 Å². The van der Waals surface area contributed by atoms with Crippen LogP contribution < -0.4 is 5.32 Å². The highest BCUT2D eigenvalue weighted by molar-refractivity contribution is 5.53. The van der Waals surface area contributed by atoms with Gasteiger partial charge in [-0.2, -0.15) is 0 Å². The highest BCUT2D eigenvalue weighted by Gasteiger charge is 2.16. The first-order chi connectivity index (χ1) is 7.74. The summed E-state index contributed by atoms with van der Waals surface area (Å²) in [7, 11) is 2.15. The van der Waals surface area contributed by atoms with Gasteiger partial charge in [0.25, 0.3) is 0 Å². The summed E-state index contributed by atoms with van der Waals surface area (Å²) in [6.07, 6.45) is 3.74. The van der Waals surface area contributed by atoms with Gasteiger partial charge in [0.15, 0.2) is 0 Å². The lowest BCUT2D eigenvalue weighted by atomic mass is 10.0. The highest BCUT2D eigenvalue weighted by atomic mass is 15.1. The molecule has 1 aromatic heterocycles. The number of hydrogen-bond acceptors (Lipinski definition) is 3. The van der Waals surface area contributed by atoms with Gasteiger partial charge in [0.1, 0.15) is 0 Å². The number of nitrogens with zero attached hydrogens (tertiary/aromatic N) is 2. The molecular formula is C13H19N3. The largest absolute Gasteiger partial charge is 0.361 e. The van der Waals surface area contributed by atoms with Gasteiger partial charge in [-0.05, 0) is 31.3 Å². The molecule has 3 heteroatoms. The zero-order chi connectivity index (χ0) is 11.5. The first kappa shape index (κ1) is 11.1. The molecule has 2 rings (SSSR count). The summed E-state index contributed by atoms with van der Waals surface area (Å²) in [5, 5.41) is 3.17. The van der Waals surface area contributed by atoms with E-state index in [0.29, 0.717) is 0 Å². The van der Waals surface area contributed by atoms with Crippen molar-refractivity contribution >= 4 is 5.69 Å². The number of pyridine rings is 1. The lowest BCUT2D eigenvalue weighted by Gasteiger charge is -2.25. The number of anilines is 1. The van der Waals surface area contributed by atoms with E-state index >= 15 is 0 Å². The summed E-state index contributed by atoms with van der Waals surface area (Å²) >= 11 is 0. The first-order valence-electron chi connectivity index (χ1n) is 5.82. The average molecular weight is 217 g/mol. The van der Waals surface area contributed by atoms with Crippen LogP contribution in [0.3, 0.4) is 0 Å². The third-order valence-corrected chi connectivity index (χ3v) is 3.03. The maximum atomic E-state index is 4.75. The number of likely N-dealkylation sites (N-methyl/N-ethyl adjacent to an activating group) is 1. The zero-order valence-corrected chi connectivity index (χ0v) is 10.1. The van der Waals surface area contributed by atoms with Gasteiger partial charge in [0, 0.05) is 25.2 Å². The maximum Gasteiger partial charge on any atom is 0.0638 e. The fourth-order valence-corrected chi connectivity index (χ4v) is 2.16. The van der Waals surface area contributed by atoms with Crippen LogP contribution in [0.15, 0.2) is 18.8 Å². The molecule has 0 fully saturated rings. The second kappa shape index (κ2) is 4.66. The van der Waals surface area contributed by atoms with Gasteiger partial charge < -0.3 is 10.2 Å². The lowest BCUT2D eigenvalue weighted by Crippen LogP contribution is -2.27. The van der Waals surface area contributed by atoms with Crippen LogP contribution in [0.4, 0.5) is 5.69 Å². The van der Waals surface area contributed by atoms with Gasteiger partial charge >= 0.3 is 0 Å². The molecule has 0 amide bonds. The van der Waals surface area contributed by atoms with E-state index in [4.69, 9.17) is 4.98 Å². The van der Waals surface area contributed by atoms with Crippen molar-refractivity contribution in [3.8, 4) is 0 Å². The van der Waals surface area contributed by atoms with Gasteiger partial charge in [0.05, 0.1) is 11.4 Å². The summed E-state index contributed by atoms with van der Waals surface area (Å²) < 4.78 is 0. The van der Waals surface area contributed by atoms with E-state index in [1.54, 1.807) is 6.20 Å². The van der Waals surface area contributed by atoms with E-state index < -0.39 is 0 Å². The normalized spacial score (nSPS) is 15.6. The van der Waals surface area contributed by atoms with Crippen molar-refractivity contribution in [2.75, 3.05) is 18.9 Å². The van der Waals surface area contributed by atoms with E-state index in [9.17, 15) is 0 Å². The molecule has 0 aliphatic carbocycles. The molecule has 0 unspecified atom stereocenters. The standard InChI is InChI=1S/C13H19N3/c1-4-11-13(14-5-2)8-10-9-16(3)7-6-12(10)15-11/h5,8,14H,2,4,6-7,9H2,1,3H3. The van der Waals surface area contributed by atoms with Crippen molar-refractivity contribution in [1.29, 1.82) is 0 Å². The number of fused-ring (bicyclic) bond motifs is 1. The van der Waals surface area contributed by atoms with Gasteiger partial charge in [-0.25, -0.2) is 0 Å². The van der Waals surface area contributed by atoms with E-state index in [-0.39, 0.29) is 0 Å². The first-order valence-corrected chi connectivity index (χ1v) is 5.82. The van der Waals surface area contributed by atoms with Crippen molar-refractivity contribution in [2.45, 2.75) is 26.3 Å². The Morgan fingerprint density at radius 1 is 1.62 bits per heavy atom. The molecule has 0 atom stereocenters. The number of hydrogen-bond donors (Lipinski definition) is 1. The van der Waals surface area contributed by atoms with Gasteiger partial charge in [-0.15, -0.1) is 0 Å². The van der Waals surface area contributed by atoms with Gasteiger partial charge in [-0.1, -0.05) is 13.5 Å². The highest BCUT2D eigenvalue weighted by Crippen LogP contribution is 2.23. The molecule has 0 spiro atoms. The molecule has 1 aliphatic heterocycles. The molecular weight excluding hydrogens is 198 g/mol. The van der Waals surface area contributed by atoms with Crippen LogP contribution in [0.1, 0.15) is 23.9 Å². The Morgan fingerprint density at radius 3 is 3.12 bits per heavy atom. The fourth-order valence-electron chi connectivity index (χ4n) is 2.16. The minimum absolute atomic E-state index is 0.958. The molecule has 0 radical (unpaired) electrons. The molecule has 2 heterocycles. The SMILES string of the molecule is C=CNc1cc2c(nc1CC)CCN(C)C2. The minimum Gasteiger partial charge on any atom is -0.361 e. The van der Waals surface area contributed by atoms with Crippen LogP contribution in [0.5, 0.6) is 0 Å². The Morgan fingerprint density at radius 2 is 2.44 bits per heavy atom. The maximum absolute atomic E-state index is 4.75. The van der Waals surface area contributed by atoms with Crippen molar-refractivity contribution in [1.82, 2.24) is 9.88 Å². The molecule has 0 saturated heterocycles. The second-order valence-corrected chi connectivity index (χ2v) is 4.28. The third kappa shape index (κ3) is 2.09. The monoisotopic (exact) mass is 217 g/mol. The Kier molecular flexibility index (Phi) is 3.25. The molecule has 0 saturated carbocycles. The van der Waals surface area contributed by atoms with Crippen LogP contribution >= 0.6 is 0 Å².